The normalized spacial score (nSPS) is 12.2. The van der Waals surface area contributed by atoms with E-state index in [0.29, 0.717) is 18.4 Å². The zero-order valence-corrected chi connectivity index (χ0v) is 14.0. The summed E-state index contributed by atoms with van der Waals surface area (Å²) in [7, 11) is 1.55. The molecule has 7 heteroatoms. The minimum atomic E-state index is -0.870. The molecule has 2 rings (SSSR count). The van der Waals surface area contributed by atoms with E-state index < -0.39 is 17.5 Å². The third kappa shape index (κ3) is 4.33. The molecule has 0 radical (unpaired) electrons. The summed E-state index contributed by atoms with van der Waals surface area (Å²) in [5, 5.41) is 2.67. The second kappa shape index (κ2) is 7.61. The number of hydrogen-bond donors (Lipinski definition) is 0. The van der Waals surface area contributed by atoms with Gasteiger partial charge in [-0.05, 0) is 26.0 Å². The van der Waals surface area contributed by atoms with Gasteiger partial charge < -0.3 is 9.64 Å². The molecule has 1 atom stereocenters. The van der Waals surface area contributed by atoms with Gasteiger partial charge in [-0.1, -0.05) is 0 Å². The highest BCUT2D eigenvalue weighted by molar-refractivity contribution is 7.09. The Bertz CT molecular complexity index is 690. The lowest BCUT2D eigenvalue weighted by Crippen LogP contribution is -2.27. The van der Waals surface area contributed by atoms with Crippen LogP contribution in [0, 0.1) is 11.6 Å². The molecule has 1 amide bonds. The van der Waals surface area contributed by atoms with Gasteiger partial charge in [0.1, 0.15) is 22.7 Å². The number of ether oxygens (including phenoxy) is 1. The van der Waals surface area contributed by atoms with E-state index in [1.54, 1.807) is 7.05 Å². The predicted molar refractivity (Wildman–Crippen MR) is 84.3 cm³/mol. The molecule has 0 unspecified atom stereocenters. The number of nitrogens with zero attached hydrogens (tertiary/aromatic N) is 2. The number of thiazole rings is 1. The molecule has 23 heavy (non-hydrogen) atoms. The van der Waals surface area contributed by atoms with Crippen molar-refractivity contribution in [3.8, 4) is 0 Å². The number of halogens is 2. The molecule has 0 aliphatic heterocycles. The van der Waals surface area contributed by atoms with Gasteiger partial charge in [0.15, 0.2) is 0 Å². The Balaban J connectivity index is 2.06. The molecule has 0 spiro atoms. The van der Waals surface area contributed by atoms with Crippen LogP contribution in [0.4, 0.5) is 8.78 Å². The number of amides is 1. The Labute approximate surface area is 137 Å². The summed E-state index contributed by atoms with van der Waals surface area (Å²) in [6.45, 7) is 4.66. The quantitative estimate of drug-likeness (QED) is 0.803. The molecule has 0 saturated carbocycles. The summed E-state index contributed by atoms with van der Waals surface area (Å²) in [5.41, 5.74) is 0.543. The topological polar surface area (TPSA) is 42.4 Å². The predicted octanol–water partition coefficient (Wildman–Crippen LogP) is 3.79. The number of carbonyl (C=O) groups excluding carboxylic acids is 1. The Morgan fingerprint density at radius 1 is 1.43 bits per heavy atom. The van der Waals surface area contributed by atoms with Gasteiger partial charge in [-0.15, -0.1) is 11.3 Å². The van der Waals surface area contributed by atoms with Crippen LogP contribution < -0.4 is 0 Å². The van der Waals surface area contributed by atoms with Crippen molar-refractivity contribution in [3.05, 3.63) is 51.5 Å². The third-order valence-electron chi connectivity index (χ3n) is 3.24. The molecule has 1 heterocycles. The van der Waals surface area contributed by atoms with Crippen LogP contribution in [0.1, 0.15) is 41.0 Å². The number of hydrogen-bond acceptors (Lipinski definition) is 4. The zero-order valence-electron chi connectivity index (χ0n) is 13.2. The molecule has 0 saturated heterocycles. The van der Waals surface area contributed by atoms with Gasteiger partial charge in [0.05, 0.1) is 17.8 Å². The molecule has 124 valence electrons. The van der Waals surface area contributed by atoms with Gasteiger partial charge in [-0.25, -0.2) is 13.8 Å². The molecule has 0 aliphatic carbocycles. The molecular weight excluding hydrogens is 322 g/mol. The van der Waals surface area contributed by atoms with Crippen LogP contribution in [0.2, 0.25) is 0 Å². The Hall–Kier alpha value is -1.86. The fourth-order valence-electron chi connectivity index (χ4n) is 2.09. The summed E-state index contributed by atoms with van der Waals surface area (Å²) in [6.07, 6.45) is -0.102. The van der Waals surface area contributed by atoms with Crippen molar-refractivity contribution in [2.24, 2.45) is 0 Å². The smallest absolute Gasteiger partial charge is 0.256 e. The standard InChI is InChI=1S/C16H18F2N2O2S/c1-4-22-10(2)15-19-12(9-23-15)8-20(3)16(21)13-6-5-11(17)7-14(13)18/h5-7,9-10H,4,8H2,1-3H3/t10-/m1/s1. The first-order chi connectivity index (χ1) is 10.9. The summed E-state index contributed by atoms with van der Waals surface area (Å²) >= 11 is 1.45. The van der Waals surface area contributed by atoms with Crippen molar-refractivity contribution in [1.29, 1.82) is 0 Å². The molecule has 0 N–H and O–H groups in total. The van der Waals surface area contributed by atoms with Gasteiger partial charge in [0.2, 0.25) is 0 Å². The van der Waals surface area contributed by atoms with Crippen molar-refractivity contribution in [1.82, 2.24) is 9.88 Å². The van der Waals surface area contributed by atoms with Crippen LogP contribution in [0.5, 0.6) is 0 Å². The lowest BCUT2D eigenvalue weighted by atomic mass is 10.2. The number of rotatable bonds is 6. The fourth-order valence-corrected chi connectivity index (χ4v) is 2.90. The minimum absolute atomic E-state index is 0.102. The van der Waals surface area contributed by atoms with Crippen LogP contribution in [-0.2, 0) is 11.3 Å². The average Bonchev–Trinajstić information content (AvgIpc) is 2.95. The van der Waals surface area contributed by atoms with Crippen LogP contribution in [0.15, 0.2) is 23.6 Å². The first-order valence-electron chi connectivity index (χ1n) is 7.18. The van der Waals surface area contributed by atoms with E-state index in [1.165, 1.54) is 16.2 Å². The van der Waals surface area contributed by atoms with Crippen molar-refractivity contribution in [3.63, 3.8) is 0 Å². The van der Waals surface area contributed by atoms with Crippen molar-refractivity contribution in [2.75, 3.05) is 13.7 Å². The summed E-state index contributed by atoms with van der Waals surface area (Å²) in [6, 6.07) is 2.91. The van der Waals surface area contributed by atoms with E-state index in [9.17, 15) is 13.6 Å². The molecule has 2 aromatic rings. The first-order valence-corrected chi connectivity index (χ1v) is 8.06. The first kappa shape index (κ1) is 17.5. The van der Waals surface area contributed by atoms with E-state index in [-0.39, 0.29) is 18.2 Å². The van der Waals surface area contributed by atoms with E-state index in [4.69, 9.17) is 4.74 Å². The number of carbonyl (C=O) groups is 1. The van der Waals surface area contributed by atoms with Gasteiger partial charge in [-0.2, -0.15) is 0 Å². The highest BCUT2D eigenvalue weighted by Crippen LogP contribution is 2.22. The van der Waals surface area contributed by atoms with Crippen LogP contribution in [0.25, 0.3) is 0 Å². The van der Waals surface area contributed by atoms with Crippen molar-refractivity contribution >= 4 is 17.2 Å². The molecule has 0 fully saturated rings. The maximum atomic E-state index is 13.7. The highest BCUT2D eigenvalue weighted by atomic mass is 32.1. The van der Waals surface area contributed by atoms with E-state index in [1.807, 2.05) is 19.2 Å². The number of benzene rings is 1. The lowest BCUT2D eigenvalue weighted by molar-refractivity contribution is 0.0755. The second-order valence-corrected chi connectivity index (χ2v) is 5.95. The van der Waals surface area contributed by atoms with Crippen LogP contribution >= 0.6 is 11.3 Å². The Morgan fingerprint density at radius 3 is 2.83 bits per heavy atom. The SMILES string of the molecule is CCO[C@H](C)c1nc(CN(C)C(=O)c2ccc(F)cc2F)cs1. The zero-order chi connectivity index (χ0) is 17.0. The summed E-state index contributed by atoms with van der Waals surface area (Å²) in [4.78, 5) is 18.0. The molecule has 0 bridgehead atoms. The molecule has 1 aromatic carbocycles. The van der Waals surface area contributed by atoms with Gasteiger partial charge in [-0.3, -0.25) is 4.79 Å². The summed E-state index contributed by atoms with van der Waals surface area (Å²) < 4.78 is 32.1. The van der Waals surface area contributed by atoms with Crippen molar-refractivity contribution in [2.45, 2.75) is 26.5 Å². The largest absolute Gasteiger partial charge is 0.372 e. The average molecular weight is 340 g/mol. The molecule has 4 nitrogen and oxygen atoms in total. The van der Waals surface area contributed by atoms with Crippen LogP contribution in [-0.4, -0.2) is 29.4 Å². The maximum absolute atomic E-state index is 13.7. The van der Waals surface area contributed by atoms with Crippen molar-refractivity contribution < 1.29 is 18.3 Å². The minimum Gasteiger partial charge on any atom is -0.372 e. The van der Waals surface area contributed by atoms with Gasteiger partial charge in [0, 0.05) is 25.1 Å². The molecule has 1 aromatic heterocycles. The van der Waals surface area contributed by atoms with E-state index in [2.05, 4.69) is 4.98 Å². The maximum Gasteiger partial charge on any atom is 0.256 e. The van der Waals surface area contributed by atoms with Crippen LogP contribution in [0.3, 0.4) is 0 Å². The monoisotopic (exact) mass is 340 g/mol. The molecule has 0 aliphatic rings. The van der Waals surface area contributed by atoms with Gasteiger partial charge >= 0.3 is 0 Å². The van der Waals surface area contributed by atoms with Gasteiger partial charge in [0.25, 0.3) is 5.91 Å². The fraction of sp³-hybridized carbons (Fsp3) is 0.375. The van der Waals surface area contributed by atoms with E-state index in [0.717, 1.165) is 17.1 Å². The Morgan fingerprint density at radius 2 is 2.17 bits per heavy atom. The number of aromatic nitrogens is 1. The second-order valence-electron chi connectivity index (χ2n) is 5.06. The summed E-state index contributed by atoms with van der Waals surface area (Å²) in [5.74, 6) is -2.10. The van der Waals surface area contributed by atoms with E-state index >= 15 is 0 Å². The third-order valence-corrected chi connectivity index (χ3v) is 4.30. The lowest BCUT2D eigenvalue weighted by Gasteiger charge is -2.16. The molecular formula is C16H18F2N2O2S. The highest BCUT2D eigenvalue weighted by Gasteiger charge is 2.18. The Kier molecular flexibility index (Phi) is 5.79.